The van der Waals surface area contributed by atoms with Gasteiger partial charge in [-0.25, -0.2) is 4.98 Å². The van der Waals surface area contributed by atoms with Gasteiger partial charge in [-0.1, -0.05) is 13.8 Å². The summed E-state index contributed by atoms with van der Waals surface area (Å²) in [5.74, 6) is 0.500. The Kier molecular flexibility index (Phi) is 4.61. The molecule has 0 aliphatic heterocycles. The van der Waals surface area contributed by atoms with Crippen molar-refractivity contribution in [3.05, 3.63) is 28.0 Å². The second kappa shape index (κ2) is 5.52. The van der Waals surface area contributed by atoms with E-state index in [0.29, 0.717) is 5.88 Å². The highest BCUT2D eigenvalue weighted by atomic mass is 79.9. The minimum Gasteiger partial charge on any atom is -0.342 e. The molecule has 0 unspecified atom stereocenters. The fourth-order valence-corrected chi connectivity index (χ4v) is 1.96. The summed E-state index contributed by atoms with van der Waals surface area (Å²) < 4.78 is 0.989. The van der Waals surface area contributed by atoms with Crippen LogP contribution < -0.4 is 0 Å². The number of nitrogens with one attached hydrogen (secondary N) is 1. The van der Waals surface area contributed by atoms with Gasteiger partial charge in [0, 0.05) is 21.7 Å². The Morgan fingerprint density at radius 2 is 2.13 bits per heavy atom. The summed E-state index contributed by atoms with van der Waals surface area (Å²) in [5.41, 5.74) is 3.12. The number of rotatable bonds is 1. The van der Waals surface area contributed by atoms with E-state index < -0.39 is 0 Å². The molecule has 0 fully saturated rings. The van der Waals surface area contributed by atoms with Gasteiger partial charge in [-0.2, -0.15) is 0 Å². The smallest absolute Gasteiger partial charge is 0.137 e. The normalized spacial score (nSPS) is 9.93. The Labute approximate surface area is 103 Å². The van der Waals surface area contributed by atoms with Crippen LogP contribution >= 0.6 is 27.5 Å². The summed E-state index contributed by atoms with van der Waals surface area (Å²) in [5, 5.41) is 1.13. The molecule has 0 bridgehead atoms. The number of hydrogen-bond acceptors (Lipinski definition) is 1. The third-order valence-corrected chi connectivity index (χ3v) is 2.81. The van der Waals surface area contributed by atoms with Crippen molar-refractivity contribution in [1.29, 1.82) is 0 Å². The maximum Gasteiger partial charge on any atom is 0.137 e. The van der Waals surface area contributed by atoms with Gasteiger partial charge in [-0.15, -0.1) is 11.6 Å². The molecular formula is C11H14BrClN2. The van der Waals surface area contributed by atoms with Crippen LogP contribution in [0.25, 0.3) is 11.0 Å². The van der Waals surface area contributed by atoms with Gasteiger partial charge in [0.15, 0.2) is 0 Å². The summed E-state index contributed by atoms with van der Waals surface area (Å²) in [4.78, 5) is 7.43. The Hall–Kier alpha value is -0.540. The summed E-state index contributed by atoms with van der Waals surface area (Å²) in [6, 6.07) is 2.05. The van der Waals surface area contributed by atoms with Crippen molar-refractivity contribution in [2.75, 3.05) is 0 Å². The van der Waals surface area contributed by atoms with Crippen LogP contribution in [0.5, 0.6) is 0 Å². The number of fused-ring (bicyclic) bond motifs is 1. The first-order valence-electron chi connectivity index (χ1n) is 4.91. The number of H-pyrrole nitrogens is 1. The van der Waals surface area contributed by atoms with Gasteiger partial charge in [-0.05, 0) is 34.5 Å². The van der Waals surface area contributed by atoms with Gasteiger partial charge in [-0.3, -0.25) is 0 Å². The maximum atomic E-state index is 5.77. The molecule has 2 heterocycles. The van der Waals surface area contributed by atoms with Gasteiger partial charge in [0.2, 0.25) is 0 Å². The number of halogens is 2. The van der Waals surface area contributed by atoms with Crippen LogP contribution in [0.4, 0.5) is 0 Å². The zero-order valence-corrected chi connectivity index (χ0v) is 11.4. The first-order valence-corrected chi connectivity index (χ1v) is 6.24. The lowest BCUT2D eigenvalue weighted by Gasteiger charge is -1.92. The van der Waals surface area contributed by atoms with Crippen LogP contribution in [0, 0.1) is 6.92 Å². The maximum absolute atomic E-state index is 5.77. The summed E-state index contributed by atoms with van der Waals surface area (Å²) in [6.45, 7) is 6.05. The van der Waals surface area contributed by atoms with E-state index in [1.807, 2.05) is 26.8 Å². The van der Waals surface area contributed by atoms with Gasteiger partial charge in [0.25, 0.3) is 0 Å². The molecule has 0 saturated carbocycles. The predicted octanol–water partition coefficient (Wildman–Crippen LogP) is 4.40. The molecule has 0 aliphatic rings. The Balaban J connectivity index is 0.000000531. The van der Waals surface area contributed by atoms with Crippen molar-refractivity contribution in [3.8, 4) is 0 Å². The fourth-order valence-electron chi connectivity index (χ4n) is 1.36. The van der Waals surface area contributed by atoms with E-state index in [1.165, 1.54) is 5.56 Å². The molecule has 0 amide bonds. The first-order chi connectivity index (χ1) is 7.22. The Morgan fingerprint density at radius 1 is 1.47 bits per heavy atom. The zero-order chi connectivity index (χ0) is 11.4. The van der Waals surface area contributed by atoms with Crippen LogP contribution in [0.15, 0.2) is 16.7 Å². The van der Waals surface area contributed by atoms with Gasteiger partial charge < -0.3 is 4.98 Å². The molecule has 2 aromatic rings. The van der Waals surface area contributed by atoms with Crippen LogP contribution in [0.3, 0.4) is 0 Å². The standard InChI is InChI=1S/C9H8BrClN2.C2H6/c1-5-7-2-6(10)4-12-9(7)13-8(5)3-11;1-2/h2,4H,3H2,1H3,(H,12,13);1-2H3. The summed E-state index contributed by atoms with van der Waals surface area (Å²) in [7, 11) is 0. The highest BCUT2D eigenvalue weighted by molar-refractivity contribution is 9.10. The second-order valence-corrected chi connectivity index (χ2v) is 4.09. The van der Waals surface area contributed by atoms with Gasteiger partial charge >= 0.3 is 0 Å². The number of hydrogen-bond donors (Lipinski definition) is 1. The van der Waals surface area contributed by atoms with E-state index in [4.69, 9.17) is 11.6 Å². The van der Waals surface area contributed by atoms with Crippen molar-refractivity contribution in [3.63, 3.8) is 0 Å². The first kappa shape index (κ1) is 12.5. The summed E-state index contributed by atoms with van der Waals surface area (Å²) in [6.07, 6.45) is 1.77. The molecule has 0 saturated heterocycles. The molecule has 0 aliphatic carbocycles. The molecule has 0 spiro atoms. The average molecular weight is 290 g/mol. The highest BCUT2D eigenvalue weighted by Gasteiger charge is 2.07. The quantitative estimate of drug-likeness (QED) is 0.775. The van der Waals surface area contributed by atoms with Crippen molar-refractivity contribution in [2.45, 2.75) is 26.7 Å². The average Bonchev–Trinajstić information content (AvgIpc) is 2.59. The second-order valence-electron chi connectivity index (χ2n) is 2.91. The van der Waals surface area contributed by atoms with Crippen molar-refractivity contribution in [1.82, 2.24) is 9.97 Å². The number of pyridine rings is 1. The van der Waals surface area contributed by atoms with Crippen LogP contribution in [0.1, 0.15) is 25.1 Å². The van der Waals surface area contributed by atoms with Crippen molar-refractivity contribution >= 4 is 38.6 Å². The van der Waals surface area contributed by atoms with E-state index in [2.05, 4.69) is 25.9 Å². The number of nitrogens with zero attached hydrogens (tertiary/aromatic N) is 1. The molecule has 15 heavy (non-hydrogen) atoms. The number of aromatic nitrogens is 2. The molecule has 82 valence electrons. The molecule has 2 nitrogen and oxygen atoms in total. The van der Waals surface area contributed by atoms with Crippen molar-refractivity contribution < 1.29 is 0 Å². The molecule has 4 heteroatoms. The third kappa shape index (κ3) is 2.52. The van der Waals surface area contributed by atoms with Gasteiger partial charge in [0.05, 0.1) is 5.88 Å². The van der Waals surface area contributed by atoms with E-state index in [1.54, 1.807) is 6.20 Å². The van der Waals surface area contributed by atoms with E-state index in [-0.39, 0.29) is 0 Å². The molecule has 0 atom stereocenters. The predicted molar refractivity (Wildman–Crippen MR) is 69.4 cm³/mol. The largest absolute Gasteiger partial charge is 0.342 e. The Bertz CT molecular complexity index is 451. The Morgan fingerprint density at radius 3 is 2.73 bits per heavy atom. The molecule has 0 aromatic carbocycles. The molecule has 2 aromatic heterocycles. The number of aryl methyl sites for hydroxylation is 1. The molecule has 2 rings (SSSR count). The van der Waals surface area contributed by atoms with E-state index in [9.17, 15) is 0 Å². The third-order valence-electron chi connectivity index (χ3n) is 2.11. The van der Waals surface area contributed by atoms with Crippen molar-refractivity contribution in [2.24, 2.45) is 0 Å². The fraction of sp³-hybridized carbons (Fsp3) is 0.364. The zero-order valence-electron chi connectivity index (χ0n) is 9.06. The minimum atomic E-state index is 0.500. The highest BCUT2D eigenvalue weighted by Crippen LogP contribution is 2.23. The minimum absolute atomic E-state index is 0.500. The number of aromatic amines is 1. The topological polar surface area (TPSA) is 28.7 Å². The van der Waals surface area contributed by atoms with Crippen LogP contribution in [0.2, 0.25) is 0 Å². The number of alkyl halides is 1. The van der Waals surface area contributed by atoms with E-state index in [0.717, 1.165) is 21.2 Å². The molecule has 0 radical (unpaired) electrons. The molecular weight excluding hydrogens is 275 g/mol. The van der Waals surface area contributed by atoms with Crippen LogP contribution in [-0.2, 0) is 5.88 Å². The van der Waals surface area contributed by atoms with E-state index >= 15 is 0 Å². The molecule has 1 N–H and O–H groups in total. The monoisotopic (exact) mass is 288 g/mol. The summed E-state index contributed by atoms with van der Waals surface area (Å²) >= 11 is 9.16. The SMILES string of the molecule is CC.Cc1c(CCl)[nH]c2ncc(Br)cc12. The van der Waals surface area contributed by atoms with Gasteiger partial charge in [0.1, 0.15) is 5.65 Å². The van der Waals surface area contributed by atoms with Crippen LogP contribution in [-0.4, -0.2) is 9.97 Å². The lowest BCUT2D eigenvalue weighted by Crippen LogP contribution is -1.78. The lowest BCUT2D eigenvalue weighted by molar-refractivity contribution is 1.19. The lowest BCUT2D eigenvalue weighted by atomic mass is 10.2.